The third-order valence-corrected chi connectivity index (χ3v) is 3.26. The van der Waals surface area contributed by atoms with Crippen LogP contribution in [0.15, 0.2) is 42.2 Å². The maximum atomic E-state index is 11.1. The molecule has 0 aliphatic heterocycles. The Morgan fingerprint density at radius 3 is 2.47 bits per heavy atom. The zero-order chi connectivity index (χ0) is 12.4. The molecule has 4 nitrogen and oxygen atoms in total. The molecule has 2 rings (SSSR count). The fourth-order valence-corrected chi connectivity index (χ4v) is 2.34. The Morgan fingerprint density at radius 2 is 1.82 bits per heavy atom. The SMILES string of the molecule is O=S(=O)=C1CC=CC(O)=C1c1ccccc1O. The molecule has 0 atom stereocenters. The van der Waals surface area contributed by atoms with E-state index in [0.29, 0.717) is 5.56 Å². The molecular formula is C12H10O4S. The van der Waals surface area contributed by atoms with Crippen molar-refractivity contribution < 1.29 is 18.6 Å². The molecule has 5 heteroatoms. The Labute approximate surface area is 99.7 Å². The molecule has 0 spiro atoms. The van der Waals surface area contributed by atoms with Crippen molar-refractivity contribution in [3.05, 3.63) is 47.7 Å². The van der Waals surface area contributed by atoms with Crippen LogP contribution >= 0.6 is 0 Å². The third kappa shape index (κ3) is 2.09. The predicted octanol–water partition coefficient (Wildman–Crippen LogP) is 1.67. The second kappa shape index (κ2) is 4.47. The number of phenols is 1. The number of aromatic hydroxyl groups is 1. The van der Waals surface area contributed by atoms with Gasteiger partial charge in [-0.25, -0.2) is 0 Å². The van der Waals surface area contributed by atoms with Gasteiger partial charge in [-0.05, 0) is 12.1 Å². The first-order valence-corrected chi connectivity index (χ1v) is 6.02. The van der Waals surface area contributed by atoms with E-state index in [4.69, 9.17) is 0 Å². The highest BCUT2D eigenvalue weighted by Gasteiger charge is 2.20. The maximum absolute atomic E-state index is 11.1. The lowest BCUT2D eigenvalue weighted by Crippen LogP contribution is -2.09. The summed E-state index contributed by atoms with van der Waals surface area (Å²) in [5, 5.41) is 19.5. The minimum absolute atomic E-state index is 0.0627. The van der Waals surface area contributed by atoms with E-state index in [-0.39, 0.29) is 28.4 Å². The molecule has 1 aliphatic rings. The van der Waals surface area contributed by atoms with Gasteiger partial charge in [0.2, 0.25) is 10.3 Å². The zero-order valence-corrected chi connectivity index (χ0v) is 9.61. The molecule has 88 valence electrons. The first-order valence-electron chi connectivity index (χ1n) is 4.95. The quantitative estimate of drug-likeness (QED) is 0.743. The van der Waals surface area contributed by atoms with Crippen LogP contribution in [0.25, 0.3) is 5.57 Å². The van der Waals surface area contributed by atoms with Gasteiger partial charge in [0.1, 0.15) is 11.5 Å². The number of hydrogen-bond donors (Lipinski definition) is 2. The number of rotatable bonds is 1. The van der Waals surface area contributed by atoms with E-state index in [9.17, 15) is 18.6 Å². The van der Waals surface area contributed by atoms with Gasteiger partial charge in [0.15, 0.2) is 0 Å². The zero-order valence-electron chi connectivity index (χ0n) is 8.79. The maximum Gasteiger partial charge on any atom is 0.218 e. The van der Waals surface area contributed by atoms with E-state index in [1.807, 2.05) is 0 Å². The molecule has 0 bridgehead atoms. The van der Waals surface area contributed by atoms with Gasteiger partial charge in [0, 0.05) is 17.6 Å². The van der Waals surface area contributed by atoms with Crippen molar-refractivity contribution in [2.75, 3.05) is 0 Å². The minimum atomic E-state index is -2.43. The monoisotopic (exact) mass is 250 g/mol. The molecule has 2 N–H and O–H groups in total. The lowest BCUT2D eigenvalue weighted by molar-refractivity contribution is 0.434. The predicted molar refractivity (Wildman–Crippen MR) is 65.3 cm³/mol. The van der Waals surface area contributed by atoms with Crippen LogP contribution in [-0.2, 0) is 10.3 Å². The summed E-state index contributed by atoms with van der Waals surface area (Å²) in [5.41, 5.74) is 0.479. The van der Waals surface area contributed by atoms with Gasteiger partial charge in [-0.2, -0.15) is 8.42 Å². The average molecular weight is 250 g/mol. The van der Waals surface area contributed by atoms with Crippen molar-refractivity contribution in [2.24, 2.45) is 0 Å². The van der Waals surface area contributed by atoms with Crippen LogP contribution in [-0.4, -0.2) is 23.5 Å². The summed E-state index contributed by atoms with van der Waals surface area (Å²) in [6.07, 6.45) is 3.20. The van der Waals surface area contributed by atoms with Crippen molar-refractivity contribution in [3.8, 4) is 5.75 Å². The van der Waals surface area contributed by atoms with Crippen LogP contribution in [0.3, 0.4) is 0 Å². The number of phenolic OH excluding ortho intramolecular Hbond substituents is 1. The molecule has 1 aliphatic carbocycles. The van der Waals surface area contributed by atoms with Crippen LogP contribution in [0.4, 0.5) is 0 Å². The smallest absolute Gasteiger partial charge is 0.218 e. The number of aliphatic hydroxyl groups excluding tert-OH is 1. The number of benzene rings is 1. The Bertz CT molecular complexity index is 643. The Balaban J connectivity index is 2.75. The van der Waals surface area contributed by atoms with Crippen LogP contribution in [0, 0.1) is 0 Å². The van der Waals surface area contributed by atoms with Gasteiger partial charge >= 0.3 is 0 Å². The summed E-state index contributed by atoms with van der Waals surface area (Å²) in [6.45, 7) is 0. The van der Waals surface area contributed by atoms with Gasteiger partial charge < -0.3 is 10.2 Å². The summed E-state index contributed by atoms with van der Waals surface area (Å²) in [5.74, 6) is -0.218. The largest absolute Gasteiger partial charge is 0.507 e. The van der Waals surface area contributed by atoms with Crippen LogP contribution in [0.1, 0.15) is 12.0 Å². The molecule has 0 saturated carbocycles. The van der Waals surface area contributed by atoms with E-state index >= 15 is 0 Å². The Hall–Kier alpha value is -2.01. The summed E-state index contributed by atoms with van der Waals surface area (Å²) in [6, 6.07) is 6.30. The van der Waals surface area contributed by atoms with E-state index in [1.165, 1.54) is 12.1 Å². The highest BCUT2D eigenvalue weighted by molar-refractivity contribution is 7.74. The summed E-state index contributed by atoms with van der Waals surface area (Å²) >= 11 is 0. The first-order chi connectivity index (χ1) is 8.11. The van der Waals surface area contributed by atoms with E-state index in [0.717, 1.165) is 0 Å². The standard InChI is InChI=1S/C12H10O4S/c13-9-5-2-1-4-8(9)12-10(14)6-3-7-11(12)17(15)16/h1-6,13-14H,7H2. The van der Waals surface area contributed by atoms with Crippen LogP contribution in [0.2, 0.25) is 0 Å². The molecule has 0 aromatic heterocycles. The van der Waals surface area contributed by atoms with Crippen molar-refractivity contribution in [1.29, 1.82) is 0 Å². The van der Waals surface area contributed by atoms with E-state index < -0.39 is 10.3 Å². The van der Waals surface area contributed by atoms with Crippen molar-refractivity contribution in [1.82, 2.24) is 0 Å². The summed E-state index contributed by atoms with van der Waals surface area (Å²) < 4.78 is 22.2. The fourth-order valence-electron chi connectivity index (χ4n) is 1.73. The number of aliphatic hydroxyl groups is 1. The van der Waals surface area contributed by atoms with Gasteiger partial charge in [-0.1, -0.05) is 24.3 Å². The molecule has 0 amide bonds. The van der Waals surface area contributed by atoms with Crippen molar-refractivity contribution >= 4 is 20.7 Å². The molecule has 17 heavy (non-hydrogen) atoms. The highest BCUT2D eigenvalue weighted by Crippen LogP contribution is 2.30. The van der Waals surface area contributed by atoms with E-state index in [2.05, 4.69) is 0 Å². The van der Waals surface area contributed by atoms with Crippen LogP contribution in [0.5, 0.6) is 5.75 Å². The van der Waals surface area contributed by atoms with Gasteiger partial charge in [-0.15, -0.1) is 0 Å². The second-order valence-corrected chi connectivity index (χ2v) is 4.50. The number of para-hydroxylation sites is 1. The van der Waals surface area contributed by atoms with E-state index in [1.54, 1.807) is 24.3 Å². The normalized spacial score (nSPS) is 15.2. The third-order valence-electron chi connectivity index (χ3n) is 2.49. The lowest BCUT2D eigenvalue weighted by Gasteiger charge is -2.13. The molecule has 1 aromatic carbocycles. The summed E-state index contributed by atoms with van der Waals surface area (Å²) in [4.78, 5) is 0.0755. The molecule has 0 saturated heterocycles. The molecule has 0 unspecified atom stereocenters. The lowest BCUT2D eigenvalue weighted by atomic mass is 9.95. The molecule has 0 fully saturated rings. The second-order valence-electron chi connectivity index (χ2n) is 3.54. The van der Waals surface area contributed by atoms with Crippen molar-refractivity contribution in [3.63, 3.8) is 0 Å². The molecule has 0 heterocycles. The molecule has 0 radical (unpaired) electrons. The Kier molecular flexibility index (Phi) is 3.01. The topological polar surface area (TPSA) is 74.6 Å². The van der Waals surface area contributed by atoms with Crippen LogP contribution < -0.4 is 0 Å². The summed E-state index contributed by atoms with van der Waals surface area (Å²) in [7, 11) is -2.43. The van der Waals surface area contributed by atoms with Gasteiger partial charge in [0.25, 0.3) is 0 Å². The first kappa shape index (κ1) is 11.5. The van der Waals surface area contributed by atoms with Gasteiger partial charge in [0.05, 0.1) is 4.86 Å². The Morgan fingerprint density at radius 1 is 1.12 bits per heavy atom. The molecule has 1 aromatic rings. The van der Waals surface area contributed by atoms with Crippen molar-refractivity contribution in [2.45, 2.75) is 6.42 Å². The highest BCUT2D eigenvalue weighted by atomic mass is 32.2. The fraction of sp³-hybridized carbons (Fsp3) is 0.0833. The number of allylic oxidation sites excluding steroid dienone is 3. The van der Waals surface area contributed by atoms with Gasteiger partial charge in [-0.3, -0.25) is 0 Å². The average Bonchev–Trinajstić information content (AvgIpc) is 2.30. The molecular weight excluding hydrogens is 240 g/mol. The minimum Gasteiger partial charge on any atom is -0.507 e. The number of hydrogen-bond acceptors (Lipinski definition) is 4.